The summed E-state index contributed by atoms with van der Waals surface area (Å²) in [6, 6.07) is 0. The molecule has 1 heterocycles. The first-order chi connectivity index (χ1) is 5.72. The summed E-state index contributed by atoms with van der Waals surface area (Å²) in [7, 11) is 2.07. The van der Waals surface area contributed by atoms with Gasteiger partial charge in [-0.1, -0.05) is 0 Å². The number of halogens is 2. The molecular weight excluding hydrogens is 213 g/mol. The molecular formula is C8H15Cl2NO2. The van der Waals surface area contributed by atoms with Gasteiger partial charge in [0.15, 0.2) is 0 Å². The van der Waals surface area contributed by atoms with Gasteiger partial charge in [0.1, 0.15) is 12.0 Å². The van der Waals surface area contributed by atoms with Crippen molar-refractivity contribution in [3.8, 4) is 0 Å². The molecule has 0 amide bonds. The lowest BCUT2D eigenvalue weighted by molar-refractivity contribution is -0.147. The van der Waals surface area contributed by atoms with Crippen molar-refractivity contribution in [2.45, 2.75) is 18.9 Å². The number of nitrogens with zero attached hydrogens (tertiary/aromatic N) is 1. The van der Waals surface area contributed by atoms with Gasteiger partial charge in [-0.05, 0) is 19.9 Å². The molecule has 0 bridgehead atoms. The van der Waals surface area contributed by atoms with Crippen molar-refractivity contribution in [1.29, 1.82) is 0 Å². The lowest BCUT2D eigenvalue weighted by Gasteiger charge is -2.28. The van der Waals surface area contributed by atoms with Crippen LogP contribution in [0, 0.1) is 0 Å². The maximum Gasteiger partial charge on any atom is 0.321 e. The van der Waals surface area contributed by atoms with Crippen LogP contribution in [0.2, 0.25) is 0 Å². The molecule has 0 saturated carbocycles. The third-order valence-electron chi connectivity index (χ3n) is 2.07. The van der Waals surface area contributed by atoms with Gasteiger partial charge in [0.05, 0.1) is 0 Å². The fourth-order valence-corrected chi connectivity index (χ4v) is 1.38. The number of carbonyl (C=O) groups excluding carboxylic acids is 1. The Morgan fingerprint density at radius 1 is 1.54 bits per heavy atom. The normalized spacial score (nSPS) is 19.2. The Morgan fingerprint density at radius 2 is 2.08 bits per heavy atom. The highest BCUT2D eigenvalue weighted by atomic mass is 35.5. The molecule has 0 aromatic rings. The molecule has 1 aliphatic rings. The zero-order valence-electron chi connectivity index (χ0n) is 7.66. The predicted molar refractivity (Wildman–Crippen MR) is 54.6 cm³/mol. The molecule has 0 atom stereocenters. The van der Waals surface area contributed by atoms with E-state index in [1.807, 2.05) is 0 Å². The minimum Gasteiger partial charge on any atom is -0.461 e. The van der Waals surface area contributed by atoms with E-state index in [0.717, 1.165) is 25.9 Å². The Balaban J connectivity index is 0.00000144. The molecule has 1 fully saturated rings. The SMILES string of the molecule is CN1CCC(OC(=O)CCl)CC1.Cl. The Bertz CT molecular complexity index is 158. The summed E-state index contributed by atoms with van der Waals surface area (Å²) in [5.74, 6) is -0.335. The lowest BCUT2D eigenvalue weighted by Crippen LogP contribution is -2.35. The van der Waals surface area contributed by atoms with E-state index >= 15 is 0 Å². The molecule has 13 heavy (non-hydrogen) atoms. The zero-order valence-corrected chi connectivity index (χ0v) is 9.24. The van der Waals surface area contributed by atoms with E-state index in [2.05, 4.69) is 11.9 Å². The van der Waals surface area contributed by atoms with Crippen LogP contribution in [0.3, 0.4) is 0 Å². The van der Waals surface area contributed by atoms with Crippen molar-refractivity contribution in [3.05, 3.63) is 0 Å². The third-order valence-corrected chi connectivity index (χ3v) is 2.29. The molecule has 5 heteroatoms. The first kappa shape index (κ1) is 13.0. The maximum atomic E-state index is 10.8. The van der Waals surface area contributed by atoms with Crippen LogP contribution in [0.4, 0.5) is 0 Å². The van der Waals surface area contributed by atoms with Gasteiger partial charge in [-0.25, -0.2) is 0 Å². The van der Waals surface area contributed by atoms with Crippen LogP contribution in [-0.4, -0.2) is 43.0 Å². The highest BCUT2D eigenvalue weighted by Crippen LogP contribution is 2.12. The molecule has 1 aliphatic heterocycles. The van der Waals surface area contributed by atoms with Crippen molar-refractivity contribution in [2.24, 2.45) is 0 Å². The van der Waals surface area contributed by atoms with Crippen LogP contribution >= 0.6 is 24.0 Å². The Labute approximate surface area is 89.8 Å². The summed E-state index contributed by atoms with van der Waals surface area (Å²) < 4.78 is 5.09. The molecule has 0 spiro atoms. The van der Waals surface area contributed by atoms with E-state index in [1.165, 1.54) is 0 Å². The van der Waals surface area contributed by atoms with Crippen LogP contribution < -0.4 is 0 Å². The van der Waals surface area contributed by atoms with Crippen molar-refractivity contribution in [1.82, 2.24) is 4.90 Å². The van der Waals surface area contributed by atoms with Gasteiger partial charge in [0.2, 0.25) is 0 Å². The van der Waals surface area contributed by atoms with Gasteiger partial charge in [-0.3, -0.25) is 4.79 Å². The fraction of sp³-hybridized carbons (Fsp3) is 0.875. The maximum absolute atomic E-state index is 10.8. The second-order valence-electron chi connectivity index (χ2n) is 3.13. The van der Waals surface area contributed by atoms with E-state index in [-0.39, 0.29) is 30.4 Å². The molecule has 1 rings (SSSR count). The minimum atomic E-state index is -0.300. The smallest absolute Gasteiger partial charge is 0.321 e. The lowest BCUT2D eigenvalue weighted by atomic mass is 10.1. The minimum absolute atomic E-state index is 0. The van der Waals surface area contributed by atoms with Crippen molar-refractivity contribution < 1.29 is 9.53 Å². The van der Waals surface area contributed by atoms with Crippen LogP contribution in [0.1, 0.15) is 12.8 Å². The molecule has 0 aliphatic carbocycles. The third kappa shape index (κ3) is 4.69. The Morgan fingerprint density at radius 3 is 2.54 bits per heavy atom. The highest BCUT2D eigenvalue weighted by molar-refractivity contribution is 6.26. The van der Waals surface area contributed by atoms with Gasteiger partial charge in [0, 0.05) is 13.1 Å². The predicted octanol–water partition coefficient (Wildman–Crippen LogP) is 1.28. The van der Waals surface area contributed by atoms with Gasteiger partial charge >= 0.3 is 5.97 Å². The van der Waals surface area contributed by atoms with E-state index < -0.39 is 0 Å². The Hall–Kier alpha value is 0.01000. The number of likely N-dealkylation sites (tertiary alicyclic amines) is 1. The van der Waals surface area contributed by atoms with E-state index in [0.29, 0.717) is 0 Å². The number of hydrogen-bond acceptors (Lipinski definition) is 3. The summed E-state index contributed by atoms with van der Waals surface area (Å²) in [5.41, 5.74) is 0. The number of ether oxygens (including phenoxy) is 1. The second kappa shape index (κ2) is 6.46. The topological polar surface area (TPSA) is 29.5 Å². The van der Waals surface area contributed by atoms with Crippen molar-refractivity contribution in [2.75, 3.05) is 26.0 Å². The van der Waals surface area contributed by atoms with Crippen LogP contribution in [0.5, 0.6) is 0 Å². The number of hydrogen-bond donors (Lipinski definition) is 0. The first-order valence-electron chi connectivity index (χ1n) is 4.16. The monoisotopic (exact) mass is 227 g/mol. The van der Waals surface area contributed by atoms with Crippen molar-refractivity contribution in [3.63, 3.8) is 0 Å². The average molecular weight is 228 g/mol. The molecule has 0 unspecified atom stereocenters. The fourth-order valence-electron chi connectivity index (χ4n) is 1.32. The molecule has 1 saturated heterocycles. The molecule has 0 aromatic heterocycles. The van der Waals surface area contributed by atoms with Gasteiger partial charge < -0.3 is 9.64 Å². The Kier molecular flexibility index (Phi) is 6.47. The molecule has 0 N–H and O–H groups in total. The summed E-state index contributed by atoms with van der Waals surface area (Å²) in [6.45, 7) is 2.00. The summed E-state index contributed by atoms with van der Waals surface area (Å²) in [5, 5.41) is 0. The van der Waals surface area contributed by atoms with Gasteiger partial charge in [-0.15, -0.1) is 24.0 Å². The summed E-state index contributed by atoms with van der Waals surface area (Å²) in [6.07, 6.45) is 1.95. The van der Waals surface area contributed by atoms with Crippen LogP contribution in [-0.2, 0) is 9.53 Å². The van der Waals surface area contributed by atoms with Gasteiger partial charge in [0.25, 0.3) is 0 Å². The standard InChI is InChI=1S/C8H14ClNO2.ClH/c1-10-4-2-7(3-5-10)12-8(11)6-9;/h7H,2-6H2,1H3;1H. The second-order valence-corrected chi connectivity index (χ2v) is 3.39. The molecule has 0 aromatic carbocycles. The van der Waals surface area contributed by atoms with Crippen molar-refractivity contribution >= 4 is 30.0 Å². The zero-order chi connectivity index (χ0) is 8.97. The van der Waals surface area contributed by atoms with Crippen LogP contribution in [0.15, 0.2) is 0 Å². The molecule has 78 valence electrons. The highest BCUT2D eigenvalue weighted by Gasteiger charge is 2.19. The summed E-state index contributed by atoms with van der Waals surface area (Å²) in [4.78, 5) is 13.0. The average Bonchev–Trinajstić information content (AvgIpc) is 2.09. The van der Waals surface area contributed by atoms with E-state index in [9.17, 15) is 4.79 Å². The van der Waals surface area contributed by atoms with Crippen LogP contribution in [0.25, 0.3) is 0 Å². The quantitative estimate of drug-likeness (QED) is 0.526. The molecule has 3 nitrogen and oxygen atoms in total. The number of rotatable bonds is 2. The van der Waals surface area contributed by atoms with E-state index in [4.69, 9.17) is 16.3 Å². The number of alkyl halides is 1. The number of esters is 1. The summed E-state index contributed by atoms with van der Waals surface area (Å²) >= 11 is 5.31. The van der Waals surface area contributed by atoms with E-state index in [1.54, 1.807) is 0 Å². The molecule has 0 radical (unpaired) electrons. The first-order valence-corrected chi connectivity index (χ1v) is 4.70. The van der Waals surface area contributed by atoms with Gasteiger partial charge in [-0.2, -0.15) is 0 Å². The number of carbonyl (C=O) groups is 1. The largest absolute Gasteiger partial charge is 0.461 e. The number of piperidine rings is 1.